The van der Waals surface area contributed by atoms with Crippen LogP contribution in [-0.2, 0) is 6.54 Å². The minimum atomic E-state index is -0.242. The quantitative estimate of drug-likeness (QED) is 0.922. The van der Waals surface area contributed by atoms with Gasteiger partial charge in [-0.15, -0.1) is 0 Å². The van der Waals surface area contributed by atoms with Crippen LogP contribution in [0.5, 0.6) is 11.5 Å². The second kappa shape index (κ2) is 6.99. The molecule has 0 aliphatic rings. The van der Waals surface area contributed by atoms with Gasteiger partial charge in [0.1, 0.15) is 11.5 Å². The van der Waals surface area contributed by atoms with Gasteiger partial charge in [0.25, 0.3) is 5.91 Å². The monoisotopic (exact) mass is 305 g/mol. The third kappa shape index (κ3) is 3.67. The number of carbonyl (C=O) groups excluding carboxylic acids is 1. The molecule has 0 unspecified atom stereocenters. The van der Waals surface area contributed by atoms with Crippen LogP contribution in [0, 0.1) is 0 Å². The van der Waals surface area contributed by atoms with E-state index < -0.39 is 0 Å². The first kappa shape index (κ1) is 15.2. The summed E-state index contributed by atoms with van der Waals surface area (Å²) in [7, 11) is 3.15. The van der Waals surface area contributed by atoms with Crippen molar-refractivity contribution in [1.29, 1.82) is 0 Å². The van der Waals surface area contributed by atoms with E-state index in [1.807, 2.05) is 24.3 Å². The molecule has 0 aliphatic carbocycles. The minimum absolute atomic E-state index is 0.242. The van der Waals surface area contributed by atoms with E-state index in [9.17, 15) is 4.79 Å². The number of hydrogen-bond acceptors (Lipinski definition) is 3. The van der Waals surface area contributed by atoms with Gasteiger partial charge in [-0.05, 0) is 24.3 Å². The first-order valence-corrected chi connectivity index (χ1v) is 6.77. The van der Waals surface area contributed by atoms with Gasteiger partial charge >= 0.3 is 0 Å². The number of amides is 1. The topological polar surface area (TPSA) is 47.6 Å². The van der Waals surface area contributed by atoms with Gasteiger partial charge in [0.05, 0.1) is 24.8 Å². The third-order valence-corrected chi connectivity index (χ3v) is 3.37. The Labute approximate surface area is 128 Å². The number of carbonyl (C=O) groups is 1. The standard InChI is InChI=1S/C16H16ClNO3/c1-20-12-7-8-13(14(17)9-12)16(19)18-10-11-5-3-4-6-15(11)21-2/h3-9H,10H2,1-2H3,(H,18,19). The van der Waals surface area contributed by atoms with Crippen molar-refractivity contribution in [3.63, 3.8) is 0 Å². The van der Waals surface area contributed by atoms with Gasteiger partial charge < -0.3 is 14.8 Å². The fraction of sp³-hybridized carbons (Fsp3) is 0.188. The number of nitrogens with one attached hydrogen (secondary N) is 1. The van der Waals surface area contributed by atoms with Crippen molar-refractivity contribution < 1.29 is 14.3 Å². The van der Waals surface area contributed by atoms with E-state index in [2.05, 4.69) is 5.32 Å². The van der Waals surface area contributed by atoms with Crippen LogP contribution in [0.15, 0.2) is 42.5 Å². The summed E-state index contributed by atoms with van der Waals surface area (Å²) in [5.74, 6) is 1.11. The molecule has 0 spiro atoms. The van der Waals surface area contributed by atoms with Gasteiger partial charge in [0.15, 0.2) is 0 Å². The van der Waals surface area contributed by atoms with Crippen LogP contribution in [0.1, 0.15) is 15.9 Å². The van der Waals surface area contributed by atoms with Gasteiger partial charge in [0.2, 0.25) is 0 Å². The van der Waals surface area contributed by atoms with Crippen molar-refractivity contribution in [1.82, 2.24) is 5.32 Å². The molecule has 0 aromatic heterocycles. The molecule has 0 fully saturated rings. The van der Waals surface area contributed by atoms with Crippen molar-refractivity contribution >= 4 is 17.5 Å². The summed E-state index contributed by atoms with van der Waals surface area (Å²) in [6.07, 6.45) is 0. The lowest BCUT2D eigenvalue weighted by atomic mass is 10.1. The molecule has 0 atom stereocenters. The van der Waals surface area contributed by atoms with E-state index in [-0.39, 0.29) is 5.91 Å². The molecule has 0 heterocycles. The summed E-state index contributed by atoms with van der Waals surface area (Å²) in [5, 5.41) is 3.18. The zero-order chi connectivity index (χ0) is 15.2. The van der Waals surface area contributed by atoms with Gasteiger partial charge in [-0.2, -0.15) is 0 Å². The number of halogens is 1. The zero-order valence-electron chi connectivity index (χ0n) is 11.9. The number of benzene rings is 2. The molecular formula is C16H16ClNO3. The highest BCUT2D eigenvalue weighted by Crippen LogP contribution is 2.23. The first-order chi connectivity index (χ1) is 10.2. The predicted octanol–water partition coefficient (Wildman–Crippen LogP) is 3.29. The van der Waals surface area contributed by atoms with Gasteiger partial charge in [0, 0.05) is 12.1 Å². The molecule has 21 heavy (non-hydrogen) atoms. The molecule has 110 valence electrons. The van der Waals surface area contributed by atoms with Gasteiger partial charge in [-0.25, -0.2) is 0 Å². The van der Waals surface area contributed by atoms with Crippen LogP contribution in [0.2, 0.25) is 5.02 Å². The highest BCUT2D eigenvalue weighted by Gasteiger charge is 2.11. The Morgan fingerprint density at radius 1 is 1.14 bits per heavy atom. The second-order valence-corrected chi connectivity index (χ2v) is 4.75. The Bertz CT molecular complexity index is 643. The summed E-state index contributed by atoms with van der Waals surface area (Å²) < 4.78 is 10.3. The van der Waals surface area contributed by atoms with E-state index >= 15 is 0 Å². The van der Waals surface area contributed by atoms with E-state index in [1.54, 1.807) is 32.4 Å². The summed E-state index contributed by atoms with van der Waals surface area (Å²) in [6, 6.07) is 12.5. The molecule has 2 aromatic rings. The van der Waals surface area contributed by atoms with E-state index in [0.29, 0.717) is 22.9 Å². The highest BCUT2D eigenvalue weighted by atomic mass is 35.5. The molecule has 2 rings (SSSR count). The highest BCUT2D eigenvalue weighted by molar-refractivity contribution is 6.34. The molecule has 0 saturated heterocycles. The van der Waals surface area contributed by atoms with Crippen molar-refractivity contribution in [2.45, 2.75) is 6.54 Å². The van der Waals surface area contributed by atoms with Crippen molar-refractivity contribution in [2.75, 3.05) is 14.2 Å². The SMILES string of the molecule is COc1ccc(C(=O)NCc2ccccc2OC)c(Cl)c1. The number of ether oxygens (including phenoxy) is 2. The van der Waals surface area contributed by atoms with Gasteiger partial charge in [-0.1, -0.05) is 29.8 Å². The molecule has 1 N–H and O–H groups in total. The zero-order valence-corrected chi connectivity index (χ0v) is 12.6. The normalized spacial score (nSPS) is 10.0. The molecule has 1 amide bonds. The smallest absolute Gasteiger partial charge is 0.253 e. The lowest BCUT2D eigenvalue weighted by molar-refractivity contribution is 0.0951. The molecule has 4 nitrogen and oxygen atoms in total. The van der Waals surface area contributed by atoms with Gasteiger partial charge in [-0.3, -0.25) is 4.79 Å². The van der Waals surface area contributed by atoms with E-state index in [0.717, 1.165) is 11.3 Å². The van der Waals surface area contributed by atoms with E-state index in [4.69, 9.17) is 21.1 Å². The Hall–Kier alpha value is -2.20. The minimum Gasteiger partial charge on any atom is -0.497 e. The molecule has 0 saturated carbocycles. The largest absolute Gasteiger partial charge is 0.497 e. The van der Waals surface area contributed by atoms with Crippen molar-refractivity contribution in [3.8, 4) is 11.5 Å². The number of methoxy groups -OCH3 is 2. The molecular weight excluding hydrogens is 290 g/mol. The van der Waals surface area contributed by atoms with Crippen LogP contribution < -0.4 is 14.8 Å². The lowest BCUT2D eigenvalue weighted by Crippen LogP contribution is -2.23. The molecule has 2 aromatic carbocycles. The predicted molar refractivity (Wildman–Crippen MR) is 82.2 cm³/mol. The maximum atomic E-state index is 12.2. The Morgan fingerprint density at radius 3 is 2.57 bits per heavy atom. The first-order valence-electron chi connectivity index (χ1n) is 6.39. The Balaban J connectivity index is 2.08. The maximum Gasteiger partial charge on any atom is 0.253 e. The maximum absolute atomic E-state index is 12.2. The van der Waals surface area contributed by atoms with E-state index in [1.165, 1.54) is 0 Å². The number of para-hydroxylation sites is 1. The molecule has 0 bridgehead atoms. The summed E-state index contributed by atoms with van der Waals surface area (Å²) in [5.41, 5.74) is 1.31. The van der Waals surface area contributed by atoms with Crippen LogP contribution in [0.4, 0.5) is 0 Å². The summed E-state index contributed by atoms with van der Waals surface area (Å²) >= 11 is 6.08. The molecule has 0 aliphatic heterocycles. The van der Waals surface area contributed by atoms with Crippen molar-refractivity contribution in [2.24, 2.45) is 0 Å². The van der Waals surface area contributed by atoms with Crippen LogP contribution in [0.25, 0.3) is 0 Å². The van der Waals surface area contributed by atoms with Crippen LogP contribution in [0.3, 0.4) is 0 Å². The number of rotatable bonds is 5. The average Bonchev–Trinajstić information content (AvgIpc) is 2.52. The second-order valence-electron chi connectivity index (χ2n) is 4.34. The Kier molecular flexibility index (Phi) is 5.06. The summed E-state index contributed by atoms with van der Waals surface area (Å²) in [4.78, 5) is 12.2. The molecule has 5 heteroatoms. The molecule has 0 radical (unpaired) electrons. The Morgan fingerprint density at radius 2 is 1.90 bits per heavy atom. The fourth-order valence-corrected chi connectivity index (χ4v) is 2.18. The third-order valence-electron chi connectivity index (χ3n) is 3.05. The van der Waals surface area contributed by atoms with Crippen LogP contribution >= 0.6 is 11.6 Å². The fourth-order valence-electron chi connectivity index (χ4n) is 1.93. The van der Waals surface area contributed by atoms with Crippen LogP contribution in [-0.4, -0.2) is 20.1 Å². The summed E-state index contributed by atoms with van der Waals surface area (Å²) in [6.45, 7) is 0.366. The average molecular weight is 306 g/mol. The number of hydrogen-bond donors (Lipinski definition) is 1. The lowest BCUT2D eigenvalue weighted by Gasteiger charge is -2.10. The van der Waals surface area contributed by atoms with Crippen molar-refractivity contribution in [3.05, 3.63) is 58.6 Å².